The summed E-state index contributed by atoms with van der Waals surface area (Å²) < 4.78 is 14.3. The molecule has 0 fully saturated rings. The molecule has 1 atom stereocenters. The molecule has 1 heterocycles. The molecular weight excluding hydrogens is 454 g/mol. The van der Waals surface area contributed by atoms with E-state index in [1.165, 1.54) is 11.8 Å². The fraction of sp³-hybridized carbons (Fsp3) is 0.286. The number of nitrogens with zero attached hydrogens (tertiary/aromatic N) is 3. The van der Waals surface area contributed by atoms with E-state index in [1.807, 2.05) is 66.9 Å². The van der Waals surface area contributed by atoms with Gasteiger partial charge >= 0.3 is 0 Å². The Labute approximate surface area is 182 Å². The van der Waals surface area contributed by atoms with Gasteiger partial charge in [-0.2, -0.15) is 0 Å². The van der Waals surface area contributed by atoms with Crippen LogP contribution < -0.4 is 9.47 Å². The molecular formula is C21H22BrN3O3S. The number of hydrogen-bond acceptors (Lipinski definition) is 6. The number of ketones is 1. The second-order valence-corrected chi connectivity index (χ2v) is 8.50. The standard InChI is InChI=1S/C21H22BrN3O3S/c1-4-27-18-11-7-17(8-12-18)25-20(13-28-19-9-5-16(22)6-10-19)23-24-21(25)29-15(3)14(2)26/h5-12,15H,4,13H2,1-3H3. The second kappa shape index (κ2) is 9.93. The minimum absolute atomic E-state index is 0.0870. The molecule has 8 heteroatoms. The molecule has 6 nitrogen and oxygen atoms in total. The number of halogens is 1. The zero-order chi connectivity index (χ0) is 20.8. The van der Waals surface area contributed by atoms with Crippen LogP contribution in [0.1, 0.15) is 26.6 Å². The zero-order valence-electron chi connectivity index (χ0n) is 16.5. The lowest BCUT2D eigenvalue weighted by Gasteiger charge is -2.13. The number of benzene rings is 2. The summed E-state index contributed by atoms with van der Waals surface area (Å²) in [4.78, 5) is 11.7. The first kappa shape index (κ1) is 21.4. The van der Waals surface area contributed by atoms with E-state index in [4.69, 9.17) is 9.47 Å². The number of carbonyl (C=O) groups excluding carboxylic acids is 1. The topological polar surface area (TPSA) is 66.2 Å². The van der Waals surface area contributed by atoms with Gasteiger partial charge in [0.25, 0.3) is 0 Å². The number of Topliss-reactive ketones (excluding diaryl/α,β-unsaturated/α-hetero) is 1. The first-order chi connectivity index (χ1) is 14.0. The maximum absolute atomic E-state index is 11.7. The quantitative estimate of drug-likeness (QED) is 0.402. The largest absolute Gasteiger partial charge is 0.494 e. The molecule has 0 saturated carbocycles. The van der Waals surface area contributed by atoms with Gasteiger partial charge in [-0.05, 0) is 69.3 Å². The van der Waals surface area contributed by atoms with Gasteiger partial charge in [-0.3, -0.25) is 9.36 Å². The highest BCUT2D eigenvalue weighted by atomic mass is 79.9. The van der Waals surface area contributed by atoms with Crippen LogP contribution >= 0.6 is 27.7 Å². The molecule has 0 aliphatic rings. The first-order valence-corrected chi connectivity index (χ1v) is 10.9. The molecule has 1 aromatic heterocycles. The van der Waals surface area contributed by atoms with Crippen molar-refractivity contribution in [1.29, 1.82) is 0 Å². The zero-order valence-corrected chi connectivity index (χ0v) is 18.9. The lowest BCUT2D eigenvalue weighted by molar-refractivity contribution is -0.116. The van der Waals surface area contributed by atoms with E-state index in [1.54, 1.807) is 6.92 Å². The number of rotatable bonds is 9. The fourth-order valence-electron chi connectivity index (χ4n) is 2.51. The number of ether oxygens (including phenoxy) is 2. The van der Waals surface area contributed by atoms with Crippen molar-refractivity contribution in [1.82, 2.24) is 14.8 Å². The van der Waals surface area contributed by atoms with Gasteiger partial charge in [0, 0.05) is 10.2 Å². The molecule has 0 spiro atoms. The molecule has 0 amide bonds. The summed E-state index contributed by atoms with van der Waals surface area (Å²) in [6.07, 6.45) is 0. The molecule has 0 saturated heterocycles. The van der Waals surface area contributed by atoms with E-state index in [-0.39, 0.29) is 17.6 Å². The second-order valence-electron chi connectivity index (χ2n) is 6.27. The molecule has 29 heavy (non-hydrogen) atoms. The molecule has 0 N–H and O–H groups in total. The molecule has 0 bridgehead atoms. The number of aromatic nitrogens is 3. The minimum atomic E-state index is -0.221. The average molecular weight is 476 g/mol. The van der Waals surface area contributed by atoms with Crippen molar-refractivity contribution in [2.24, 2.45) is 0 Å². The van der Waals surface area contributed by atoms with E-state index >= 15 is 0 Å². The summed E-state index contributed by atoms with van der Waals surface area (Å²) in [6.45, 7) is 6.24. The van der Waals surface area contributed by atoms with Crippen molar-refractivity contribution in [3.63, 3.8) is 0 Å². The fourth-order valence-corrected chi connectivity index (χ4v) is 3.66. The third kappa shape index (κ3) is 5.61. The van der Waals surface area contributed by atoms with Crippen molar-refractivity contribution >= 4 is 33.5 Å². The van der Waals surface area contributed by atoms with Crippen LogP contribution in [0.3, 0.4) is 0 Å². The van der Waals surface area contributed by atoms with E-state index < -0.39 is 0 Å². The number of thioether (sulfide) groups is 1. The van der Waals surface area contributed by atoms with Gasteiger partial charge in [0.1, 0.15) is 23.9 Å². The minimum Gasteiger partial charge on any atom is -0.494 e. The predicted octanol–water partition coefficient (Wildman–Crippen LogP) is 5.08. The summed E-state index contributed by atoms with van der Waals surface area (Å²) in [6, 6.07) is 15.3. The van der Waals surface area contributed by atoms with Crippen LogP contribution in [0, 0.1) is 0 Å². The summed E-state index contributed by atoms with van der Waals surface area (Å²) in [5.41, 5.74) is 0.881. The molecule has 0 radical (unpaired) electrons. The van der Waals surface area contributed by atoms with Crippen molar-refractivity contribution in [3.8, 4) is 17.2 Å². The Hall–Kier alpha value is -2.32. The highest BCUT2D eigenvalue weighted by Gasteiger charge is 2.19. The third-order valence-electron chi connectivity index (χ3n) is 4.14. The maximum Gasteiger partial charge on any atom is 0.196 e. The van der Waals surface area contributed by atoms with Gasteiger partial charge in [-0.1, -0.05) is 27.7 Å². The van der Waals surface area contributed by atoms with Gasteiger partial charge in [0.05, 0.1) is 11.9 Å². The van der Waals surface area contributed by atoms with Crippen LogP contribution in [0.5, 0.6) is 11.5 Å². The number of carbonyl (C=O) groups is 1. The maximum atomic E-state index is 11.7. The molecule has 152 valence electrons. The Morgan fingerprint density at radius 2 is 1.69 bits per heavy atom. The van der Waals surface area contributed by atoms with Crippen molar-refractivity contribution in [3.05, 3.63) is 58.8 Å². The average Bonchev–Trinajstić information content (AvgIpc) is 3.10. The van der Waals surface area contributed by atoms with Crippen LogP contribution in [-0.4, -0.2) is 32.4 Å². The Morgan fingerprint density at radius 3 is 2.31 bits per heavy atom. The Bertz CT molecular complexity index is 958. The summed E-state index contributed by atoms with van der Waals surface area (Å²) >= 11 is 4.79. The molecule has 2 aromatic carbocycles. The highest BCUT2D eigenvalue weighted by molar-refractivity contribution is 9.10. The van der Waals surface area contributed by atoms with Crippen LogP contribution in [0.25, 0.3) is 5.69 Å². The molecule has 1 unspecified atom stereocenters. The summed E-state index contributed by atoms with van der Waals surface area (Å²) in [7, 11) is 0. The lowest BCUT2D eigenvalue weighted by atomic mass is 10.3. The van der Waals surface area contributed by atoms with Gasteiger partial charge in [0.15, 0.2) is 11.0 Å². The molecule has 0 aliphatic carbocycles. The summed E-state index contributed by atoms with van der Waals surface area (Å²) in [5, 5.41) is 9.04. The lowest BCUT2D eigenvalue weighted by Crippen LogP contribution is -2.11. The first-order valence-electron chi connectivity index (χ1n) is 9.21. The Balaban J connectivity index is 1.89. The van der Waals surface area contributed by atoms with Crippen LogP contribution in [0.4, 0.5) is 0 Å². The Kier molecular flexibility index (Phi) is 7.33. The normalized spacial score (nSPS) is 11.9. The van der Waals surface area contributed by atoms with Gasteiger partial charge in [-0.15, -0.1) is 10.2 Å². The monoisotopic (exact) mass is 475 g/mol. The van der Waals surface area contributed by atoms with Gasteiger partial charge < -0.3 is 9.47 Å². The number of hydrogen-bond donors (Lipinski definition) is 0. The van der Waals surface area contributed by atoms with Crippen LogP contribution in [0.2, 0.25) is 0 Å². The van der Waals surface area contributed by atoms with E-state index in [2.05, 4.69) is 26.1 Å². The predicted molar refractivity (Wildman–Crippen MR) is 117 cm³/mol. The SMILES string of the molecule is CCOc1ccc(-n2c(COc3ccc(Br)cc3)nnc2SC(C)C(C)=O)cc1. The van der Waals surface area contributed by atoms with Crippen molar-refractivity contribution in [2.75, 3.05) is 6.61 Å². The smallest absolute Gasteiger partial charge is 0.196 e. The summed E-state index contributed by atoms with van der Waals surface area (Å²) in [5.74, 6) is 2.27. The third-order valence-corrected chi connectivity index (χ3v) is 5.83. The van der Waals surface area contributed by atoms with Crippen LogP contribution in [0.15, 0.2) is 58.2 Å². The molecule has 3 aromatic rings. The van der Waals surface area contributed by atoms with Gasteiger partial charge in [0.2, 0.25) is 0 Å². The van der Waals surface area contributed by atoms with Crippen LogP contribution in [-0.2, 0) is 11.4 Å². The van der Waals surface area contributed by atoms with E-state index in [0.29, 0.717) is 17.6 Å². The molecule has 3 rings (SSSR count). The van der Waals surface area contributed by atoms with Gasteiger partial charge in [-0.25, -0.2) is 0 Å². The van der Waals surface area contributed by atoms with Crippen molar-refractivity contribution in [2.45, 2.75) is 37.8 Å². The van der Waals surface area contributed by atoms with E-state index in [9.17, 15) is 4.79 Å². The van der Waals surface area contributed by atoms with Crippen molar-refractivity contribution < 1.29 is 14.3 Å². The molecule has 0 aliphatic heterocycles. The van der Waals surface area contributed by atoms with E-state index in [0.717, 1.165) is 21.7 Å². The highest BCUT2D eigenvalue weighted by Crippen LogP contribution is 2.28. The Morgan fingerprint density at radius 1 is 1.07 bits per heavy atom.